The summed E-state index contributed by atoms with van der Waals surface area (Å²) < 4.78 is 18.5. The number of carbonyl (C=O) groups excluding carboxylic acids is 2. The molecule has 1 aliphatic rings. The second-order valence-electron chi connectivity index (χ2n) is 8.07. The van der Waals surface area contributed by atoms with Crippen molar-refractivity contribution in [3.8, 4) is 0 Å². The first kappa shape index (κ1) is 22.0. The number of rotatable bonds is 3. The van der Waals surface area contributed by atoms with Crippen molar-refractivity contribution in [1.82, 2.24) is 9.88 Å². The molecule has 4 aromatic rings. The summed E-state index contributed by atoms with van der Waals surface area (Å²) in [5.41, 5.74) is 4.21. The highest BCUT2D eigenvalue weighted by atomic mass is 35.5. The van der Waals surface area contributed by atoms with Crippen LogP contribution in [0.4, 0.5) is 14.9 Å². The number of ether oxygens (including phenoxy) is 1. The maximum absolute atomic E-state index is 13.7. The molecule has 0 saturated carbocycles. The predicted molar refractivity (Wildman–Crippen MR) is 129 cm³/mol. The number of urea groups is 1. The topological polar surface area (TPSA) is 74.4 Å². The van der Waals surface area contributed by atoms with Gasteiger partial charge in [0.1, 0.15) is 5.82 Å². The van der Waals surface area contributed by atoms with Crippen molar-refractivity contribution in [3.05, 3.63) is 100.0 Å². The first-order chi connectivity index (χ1) is 16.5. The Morgan fingerprint density at radius 3 is 2.65 bits per heavy atom. The Hall–Kier alpha value is -3.84. The lowest BCUT2D eigenvalue weighted by Crippen LogP contribution is -2.43. The standard InChI is InChI=1S/C26H21ClFN3O3/c1-34-25(32)20-11-8-16(27)14-22(20)30-26(33)31-13-12-19-18-4-2-3-5-21(18)29-23(19)24(31)15-6-9-17(28)10-7-15/h2-11,14,24,29H,12-13H2,1H3,(H,30,33)/t24-/m0/s1. The minimum Gasteiger partial charge on any atom is -0.465 e. The number of nitrogens with zero attached hydrogens (tertiary/aromatic N) is 1. The highest BCUT2D eigenvalue weighted by Crippen LogP contribution is 2.39. The molecule has 3 aromatic carbocycles. The zero-order valence-corrected chi connectivity index (χ0v) is 19.0. The number of H-pyrrole nitrogens is 1. The van der Waals surface area contributed by atoms with E-state index in [0.29, 0.717) is 18.0 Å². The van der Waals surface area contributed by atoms with Gasteiger partial charge in [-0.25, -0.2) is 14.0 Å². The number of amides is 2. The third-order valence-corrected chi connectivity index (χ3v) is 6.34. The van der Waals surface area contributed by atoms with Gasteiger partial charge in [-0.15, -0.1) is 0 Å². The summed E-state index contributed by atoms with van der Waals surface area (Å²) in [6.07, 6.45) is 0.643. The molecule has 0 aliphatic carbocycles. The molecule has 5 rings (SSSR count). The molecule has 2 N–H and O–H groups in total. The number of nitrogens with one attached hydrogen (secondary N) is 2. The molecule has 0 radical (unpaired) electrons. The largest absolute Gasteiger partial charge is 0.465 e. The van der Waals surface area contributed by atoms with E-state index in [4.69, 9.17) is 16.3 Å². The van der Waals surface area contributed by atoms with Crippen molar-refractivity contribution in [1.29, 1.82) is 0 Å². The lowest BCUT2D eigenvalue weighted by molar-refractivity contribution is 0.0602. The second-order valence-corrected chi connectivity index (χ2v) is 8.51. The Kier molecular flexibility index (Phi) is 5.71. The van der Waals surface area contributed by atoms with Gasteiger partial charge >= 0.3 is 12.0 Å². The lowest BCUT2D eigenvalue weighted by atomic mass is 9.92. The second kappa shape index (κ2) is 8.83. The Bertz CT molecular complexity index is 1400. The van der Waals surface area contributed by atoms with E-state index in [1.165, 1.54) is 31.4 Å². The number of esters is 1. The van der Waals surface area contributed by atoms with Crippen molar-refractivity contribution >= 4 is 40.2 Å². The summed E-state index contributed by atoms with van der Waals surface area (Å²) >= 11 is 6.13. The Morgan fingerprint density at radius 1 is 1.12 bits per heavy atom. The number of hydrogen-bond donors (Lipinski definition) is 2. The Balaban J connectivity index is 1.57. The summed E-state index contributed by atoms with van der Waals surface area (Å²) in [5.74, 6) is -0.937. The summed E-state index contributed by atoms with van der Waals surface area (Å²) in [5, 5.41) is 4.30. The Labute approximate surface area is 200 Å². The number of aromatic amines is 1. The maximum Gasteiger partial charge on any atom is 0.339 e. The fourth-order valence-corrected chi connectivity index (χ4v) is 4.72. The van der Waals surface area contributed by atoms with Crippen LogP contribution in [0, 0.1) is 5.82 Å². The number of methoxy groups -OCH3 is 1. The van der Waals surface area contributed by atoms with Gasteiger partial charge in [0.05, 0.1) is 24.4 Å². The maximum atomic E-state index is 13.7. The van der Waals surface area contributed by atoms with Crippen molar-refractivity contribution in [2.45, 2.75) is 12.5 Å². The van der Waals surface area contributed by atoms with E-state index in [1.807, 2.05) is 18.2 Å². The van der Waals surface area contributed by atoms with Gasteiger partial charge < -0.3 is 19.9 Å². The molecule has 0 spiro atoms. The number of fused-ring (bicyclic) bond motifs is 3. The van der Waals surface area contributed by atoms with E-state index < -0.39 is 18.0 Å². The molecule has 6 nitrogen and oxygen atoms in total. The molecule has 172 valence electrons. The molecule has 1 aromatic heterocycles. The highest BCUT2D eigenvalue weighted by molar-refractivity contribution is 6.31. The van der Waals surface area contributed by atoms with Crippen molar-refractivity contribution in [2.75, 3.05) is 19.0 Å². The van der Waals surface area contributed by atoms with Crippen LogP contribution in [-0.2, 0) is 11.2 Å². The normalized spacial score (nSPS) is 15.1. The number of benzene rings is 3. The predicted octanol–water partition coefficient (Wildman–Crippen LogP) is 5.93. The van der Waals surface area contributed by atoms with E-state index in [1.54, 1.807) is 23.1 Å². The summed E-state index contributed by atoms with van der Waals surface area (Å²) in [4.78, 5) is 30.9. The summed E-state index contributed by atoms with van der Waals surface area (Å²) in [6.45, 7) is 0.427. The molecular weight excluding hydrogens is 457 g/mol. The molecule has 34 heavy (non-hydrogen) atoms. The van der Waals surface area contributed by atoms with E-state index in [2.05, 4.69) is 16.4 Å². The van der Waals surface area contributed by atoms with Crippen LogP contribution in [0.1, 0.15) is 33.2 Å². The van der Waals surface area contributed by atoms with Crippen LogP contribution in [0.3, 0.4) is 0 Å². The average Bonchev–Trinajstić information content (AvgIpc) is 3.22. The van der Waals surface area contributed by atoms with Gasteiger partial charge in [-0.2, -0.15) is 0 Å². The van der Waals surface area contributed by atoms with Crippen LogP contribution in [0.2, 0.25) is 5.02 Å². The quantitative estimate of drug-likeness (QED) is 0.359. The number of halogens is 2. The van der Waals surface area contributed by atoms with Crippen molar-refractivity contribution in [2.24, 2.45) is 0 Å². The third kappa shape index (κ3) is 3.88. The number of hydrogen-bond acceptors (Lipinski definition) is 3. The van der Waals surface area contributed by atoms with Crippen LogP contribution in [0.15, 0.2) is 66.7 Å². The fourth-order valence-electron chi connectivity index (χ4n) is 4.55. The molecular formula is C26H21ClFN3O3. The smallest absolute Gasteiger partial charge is 0.339 e. The SMILES string of the molecule is COC(=O)c1ccc(Cl)cc1NC(=O)N1CCc2c([nH]c3ccccc23)[C@@H]1c1ccc(F)cc1. The van der Waals surface area contributed by atoms with Gasteiger partial charge in [-0.1, -0.05) is 41.9 Å². The minimum atomic E-state index is -0.585. The number of anilines is 1. The fraction of sp³-hybridized carbons (Fsp3) is 0.154. The molecule has 2 amide bonds. The van der Waals surface area contributed by atoms with Gasteiger partial charge in [-0.3, -0.25) is 0 Å². The zero-order valence-electron chi connectivity index (χ0n) is 18.3. The number of carbonyl (C=O) groups is 2. The summed E-state index contributed by atoms with van der Waals surface area (Å²) in [6, 6.07) is 17.8. The first-order valence-electron chi connectivity index (χ1n) is 10.8. The first-order valence-corrected chi connectivity index (χ1v) is 11.1. The highest BCUT2D eigenvalue weighted by Gasteiger charge is 2.35. The van der Waals surface area contributed by atoms with E-state index in [0.717, 1.165) is 27.7 Å². The summed E-state index contributed by atoms with van der Waals surface area (Å²) in [7, 11) is 1.27. The van der Waals surface area contributed by atoms with Crippen LogP contribution >= 0.6 is 11.6 Å². The van der Waals surface area contributed by atoms with E-state index >= 15 is 0 Å². The average molecular weight is 478 g/mol. The molecule has 0 unspecified atom stereocenters. The molecule has 0 saturated heterocycles. The molecule has 0 bridgehead atoms. The number of aromatic nitrogens is 1. The van der Waals surface area contributed by atoms with Gasteiger partial charge in [-0.05, 0) is 53.9 Å². The molecule has 1 atom stereocenters. The van der Waals surface area contributed by atoms with Gasteiger partial charge in [0, 0.05) is 28.2 Å². The zero-order chi connectivity index (χ0) is 23.8. The van der Waals surface area contributed by atoms with E-state index in [9.17, 15) is 14.0 Å². The molecule has 0 fully saturated rings. The minimum absolute atomic E-state index is 0.196. The van der Waals surface area contributed by atoms with Crippen molar-refractivity contribution in [3.63, 3.8) is 0 Å². The Morgan fingerprint density at radius 2 is 1.88 bits per heavy atom. The van der Waals surface area contributed by atoms with Crippen LogP contribution < -0.4 is 5.32 Å². The third-order valence-electron chi connectivity index (χ3n) is 6.11. The molecule has 8 heteroatoms. The lowest BCUT2D eigenvalue weighted by Gasteiger charge is -2.36. The number of para-hydroxylation sites is 1. The van der Waals surface area contributed by atoms with Crippen LogP contribution in [0.5, 0.6) is 0 Å². The molecule has 1 aliphatic heterocycles. The van der Waals surface area contributed by atoms with Crippen LogP contribution in [0.25, 0.3) is 10.9 Å². The van der Waals surface area contributed by atoms with Crippen molar-refractivity contribution < 1.29 is 18.7 Å². The van der Waals surface area contributed by atoms with Gasteiger partial charge in [0.25, 0.3) is 0 Å². The monoisotopic (exact) mass is 477 g/mol. The van der Waals surface area contributed by atoms with E-state index in [-0.39, 0.29) is 17.1 Å². The van der Waals surface area contributed by atoms with Gasteiger partial charge in [0.15, 0.2) is 0 Å². The van der Waals surface area contributed by atoms with Crippen LogP contribution in [-0.4, -0.2) is 35.5 Å². The molecule has 2 heterocycles. The van der Waals surface area contributed by atoms with Gasteiger partial charge in [0.2, 0.25) is 0 Å².